The maximum Gasteiger partial charge on any atom is 0.348 e. The molecule has 0 aliphatic heterocycles. The van der Waals surface area contributed by atoms with Crippen molar-refractivity contribution in [3.8, 4) is 0 Å². The van der Waals surface area contributed by atoms with Gasteiger partial charge in [0.2, 0.25) is 0 Å². The number of hydrazine groups is 1. The highest BCUT2D eigenvalue weighted by molar-refractivity contribution is 7.14. The number of hydrogen-bond donors (Lipinski definition) is 2. The number of carbonyl (C=O) groups excluding carboxylic acids is 3. The lowest BCUT2D eigenvalue weighted by Crippen LogP contribution is -2.43. The molecule has 2 N–H and O–H groups in total. The predicted molar refractivity (Wildman–Crippen MR) is 90.2 cm³/mol. The number of hydrogen-bond acceptors (Lipinski definition) is 6. The summed E-state index contributed by atoms with van der Waals surface area (Å²) in [6.45, 7) is -0.472. The Hall–Kier alpha value is -2.61. The predicted octanol–water partition coefficient (Wildman–Crippen LogP) is 2.23. The largest absolute Gasteiger partial charge is 0.459 e. The van der Waals surface area contributed by atoms with Crippen LogP contribution in [0.25, 0.3) is 0 Å². The Labute approximate surface area is 148 Å². The maximum atomic E-state index is 12.1. The van der Waals surface area contributed by atoms with Crippen LogP contribution in [0.5, 0.6) is 0 Å². The van der Waals surface area contributed by atoms with Crippen LogP contribution in [0.3, 0.4) is 0 Å². The van der Waals surface area contributed by atoms with Crippen molar-refractivity contribution in [1.82, 2.24) is 10.9 Å². The van der Waals surface area contributed by atoms with Crippen LogP contribution in [0.15, 0.2) is 28.9 Å². The third kappa shape index (κ3) is 4.48. The molecule has 25 heavy (non-hydrogen) atoms. The van der Waals surface area contributed by atoms with Crippen molar-refractivity contribution in [2.24, 2.45) is 0 Å². The fourth-order valence-electron chi connectivity index (χ4n) is 2.60. The summed E-state index contributed by atoms with van der Waals surface area (Å²) in [5.41, 5.74) is 5.55. The number of fused-ring (bicyclic) bond motifs is 1. The molecule has 1 aliphatic rings. The van der Waals surface area contributed by atoms with Crippen LogP contribution >= 0.6 is 11.3 Å². The van der Waals surface area contributed by atoms with Gasteiger partial charge >= 0.3 is 11.9 Å². The van der Waals surface area contributed by atoms with Crippen molar-refractivity contribution in [2.75, 3.05) is 6.61 Å². The van der Waals surface area contributed by atoms with E-state index in [1.165, 1.54) is 40.5 Å². The Balaban J connectivity index is 1.45. The van der Waals surface area contributed by atoms with E-state index in [0.29, 0.717) is 4.88 Å². The molecule has 7 nitrogen and oxygen atoms in total. The number of amides is 2. The van der Waals surface area contributed by atoms with Gasteiger partial charge in [0.05, 0.1) is 6.26 Å². The molecule has 1 aliphatic carbocycles. The lowest BCUT2D eigenvalue weighted by atomic mass is 10.1. The van der Waals surface area contributed by atoms with Crippen molar-refractivity contribution in [3.63, 3.8) is 0 Å². The monoisotopic (exact) mass is 362 g/mol. The highest BCUT2D eigenvalue weighted by Gasteiger charge is 2.18. The molecule has 0 bridgehead atoms. The highest BCUT2D eigenvalue weighted by atomic mass is 32.1. The van der Waals surface area contributed by atoms with Gasteiger partial charge in [-0.15, -0.1) is 11.3 Å². The van der Waals surface area contributed by atoms with Gasteiger partial charge in [-0.05, 0) is 49.4 Å². The molecule has 2 aromatic rings. The number of nitrogens with one attached hydrogen (secondary N) is 2. The summed E-state index contributed by atoms with van der Waals surface area (Å²) < 4.78 is 9.89. The van der Waals surface area contributed by atoms with E-state index >= 15 is 0 Å². The summed E-state index contributed by atoms with van der Waals surface area (Å²) in [6.07, 6.45) is 6.81. The number of thiophene rings is 1. The molecule has 0 aromatic carbocycles. The number of furan rings is 1. The van der Waals surface area contributed by atoms with Gasteiger partial charge in [0.25, 0.3) is 5.91 Å². The van der Waals surface area contributed by atoms with Gasteiger partial charge in [-0.25, -0.2) is 4.79 Å². The molecule has 0 unspecified atom stereocenters. The molecule has 0 atom stereocenters. The Bertz CT molecular complexity index is 743. The van der Waals surface area contributed by atoms with Gasteiger partial charge in [0, 0.05) is 4.88 Å². The summed E-state index contributed by atoms with van der Waals surface area (Å²) in [5, 5.41) is 0. The zero-order valence-electron chi connectivity index (χ0n) is 13.5. The summed E-state index contributed by atoms with van der Waals surface area (Å²) in [7, 11) is 0. The van der Waals surface area contributed by atoms with E-state index in [4.69, 9.17) is 9.15 Å². The van der Waals surface area contributed by atoms with Gasteiger partial charge in [-0.3, -0.25) is 20.4 Å². The Morgan fingerprint density at radius 3 is 2.80 bits per heavy atom. The third-order valence-electron chi connectivity index (χ3n) is 3.84. The van der Waals surface area contributed by atoms with E-state index in [0.717, 1.165) is 25.7 Å². The second kappa shape index (κ2) is 7.98. The molecule has 0 saturated carbocycles. The van der Waals surface area contributed by atoms with E-state index in [1.807, 2.05) is 6.07 Å². The van der Waals surface area contributed by atoms with E-state index in [2.05, 4.69) is 10.9 Å². The molecule has 0 saturated heterocycles. The van der Waals surface area contributed by atoms with Gasteiger partial charge in [0.15, 0.2) is 12.4 Å². The molecule has 132 valence electrons. The average Bonchev–Trinajstić information content (AvgIpc) is 3.24. The standard InChI is InChI=1S/C17H18N2O5S/c20-15(18-19-16(21)12-6-4-8-23-12)10-24-17(22)14-9-11-5-2-1-3-7-13(11)25-14/h4,6,8-9H,1-3,5,7,10H2,(H,18,20)(H,19,21). The first-order valence-electron chi connectivity index (χ1n) is 8.05. The zero-order chi connectivity index (χ0) is 17.6. The van der Waals surface area contributed by atoms with Gasteiger partial charge in [-0.1, -0.05) is 6.42 Å². The highest BCUT2D eigenvalue weighted by Crippen LogP contribution is 2.29. The first kappa shape index (κ1) is 17.2. The van der Waals surface area contributed by atoms with Crippen molar-refractivity contribution in [3.05, 3.63) is 45.5 Å². The molecule has 3 rings (SSSR count). The quantitative estimate of drug-likeness (QED) is 0.494. The molecule has 0 radical (unpaired) electrons. The van der Waals surface area contributed by atoms with Gasteiger partial charge < -0.3 is 9.15 Å². The third-order valence-corrected chi connectivity index (χ3v) is 5.06. The van der Waals surface area contributed by atoms with Crippen LogP contribution in [-0.2, 0) is 22.4 Å². The van der Waals surface area contributed by atoms with Crippen molar-refractivity contribution in [2.45, 2.75) is 32.1 Å². The van der Waals surface area contributed by atoms with Crippen LogP contribution in [0.4, 0.5) is 0 Å². The van der Waals surface area contributed by atoms with Crippen LogP contribution in [-0.4, -0.2) is 24.4 Å². The topological polar surface area (TPSA) is 97.6 Å². The molecule has 0 spiro atoms. The molecular weight excluding hydrogens is 344 g/mol. The minimum Gasteiger partial charge on any atom is -0.459 e. The zero-order valence-corrected chi connectivity index (χ0v) is 14.3. The summed E-state index contributed by atoms with van der Waals surface area (Å²) in [5.74, 6) is -1.68. The van der Waals surface area contributed by atoms with E-state index in [1.54, 1.807) is 6.07 Å². The first-order chi connectivity index (χ1) is 12.1. The fourth-order valence-corrected chi connectivity index (χ4v) is 3.75. The van der Waals surface area contributed by atoms with Gasteiger partial charge in [-0.2, -0.15) is 0 Å². The first-order valence-corrected chi connectivity index (χ1v) is 8.86. The summed E-state index contributed by atoms with van der Waals surface area (Å²) >= 11 is 1.44. The number of carbonyl (C=O) groups is 3. The van der Waals surface area contributed by atoms with E-state index < -0.39 is 24.4 Å². The molecular formula is C17H18N2O5S. The lowest BCUT2D eigenvalue weighted by molar-refractivity contribution is -0.125. The van der Waals surface area contributed by atoms with Crippen LogP contribution in [0.2, 0.25) is 0 Å². The summed E-state index contributed by atoms with van der Waals surface area (Å²) in [4.78, 5) is 37.1. The second-order valence-electron chi connectivity index (χ2n) is 5.68. The summed E-state index contributed by atoms with van der Waals surface area (Å²) in [6, 6.07) is 4.88. The molecule has 2 amide bonds. The Morgan fingerprint density at radius 1 is 1.16 bits per heavy atom. The van der Waals surface area contributed by atoms with E-state index in [-0.39, 0.29) is 5.76 Å². The lowest BCUT2D eigenvalue weighted by Gasteiger charge is -2.06. The number of aryl methyl sites for hydroxylation is 2. The van der Waals surface area contributed by atoms with Crippen LogP contribution in [0.1, 0.15) is 49.9 Å². The number of rotatable bonds is 4. The Kier molecular flexibility index (Phi) is 5.49. The Morgan fingerprint density at radius 2 is 2.00 bits per heavy atom. The van der Waals surface area contributed by atoms with Crippen molar-refractivity contribution in [1.29, 1.82) is 0 Å². The minimum absolute atomic E-state index is 0.0670. The molecule has 2 aromatic heterocycles. The van der Waals surface area contributed by atoms with Crippen LogP contribution < -0.4 is 10.9 Å². The van der Waals surface area contributed by atoms with E-state index in [9.17, 15) is 14.4 Å². The fraction of sp³-hybridized carbons (Fsp3) is 0.353. The smallest absolute Gasteiger partial charge is 0.348 e. The normalized spacial score (nSPS) is 13.4. The average molecular weight is 362 g/mol. The number of ether oxygens (including phenoxy) is 1. The minimum atomic E-state index is -0.633. The second-order valence-corrected chi connectivity index (χ2v) is 6.81. The van der Waals surface area contributed by atoms with Crippen LogP contribution in [0, 0.1) is 0 Å². The maximum absolute atomic E-state index is 12.1. The SMILES string of the molecule is O=C(COC(=O)c1cc2c(s1)CCCCC2)NNC(=O)c1ccco1. The molecule has 0 fully saturated rings. The molecule has 8 heteroatoms. The van der Waals surface area contributed by atoms with Crippen molar-refractivity contribution < 1.29 is 23.5 Å². The number of esters is 1. The van der Waals surface area contributed by atoms with Gasteiger partial charge in [0.1, 0.15) is 4.88 Å². The molecule has 2 heterocycles. The van der Waals surface area contributed by atoms with Crippen molar-refractivity contribution >= 4 is 29.1 Å².